The molecule has 0 bridgehead atoms. The third-order valence-electron chi connectivity index (χ3n) is 3.74. The molecule has 0 atom stereocenters. The Bertz CT molecular complexity index is 627. The Morgan fingerprint density at radius 1 is 1.21 bits per heavy atom. The number of amides is 3. The van der Waals surface area contributed by atoms with E-state index in [0.717, 1.165) is 0 Å². The fourth-order valence-electron chi connectivity index (χ4n) is 2.38. The number of hydrogen-bond acceptors (Lipinski definition) is 4. The fourth-order valence-corrected chi connectivity index (χ4v) is 2.38. The molecule has 1 aromatic rings. The molecule has 0 aromatic heterocycles. The van der Waals surface area contributed by atoms with Crippen molar-refractivity contribution in [2.45, 2.75) is 0 Å². The van der Waals surface area contributed by atoms with E-state index in [9.17, 15) is 9.59 Å². The minimum absolute atomic E-state index is 0.0367. The number of carbonyl (C=O) groups excluding carboxylic acids is 2. The molecule has 1 fully saturated rings. The second-order valence-electron chi connectivity index (χ2n) is 5.48. The van der Waals surface area contributed by atoms with Crippen molar-refractivity contribution in [3.63, 3.8) is 0 Å². The van der Waals surface area contributed by atoms with Gasteiger partial charge in [0, 0.05) is 38.4 Å². The summed E-state index contributed by atoms with van der Waals surface area (Å²) in [6.07, 6.45) is 1.64. The van der Waals surface area contributed by atoms with Crippen molar-refractivity contribution >= 4 is 17.6 Å². The molecule has 1 aromatic carbocycles. The molecule has 0 radical (unpaired) electrons. The van der Waals surface area contributed by atoms with Crippen molar-refractivity contribution < 1.29 is 9.59 Å². The summed E-state index contributed by atoms with van der Waals surface area (Å²) in [7, 11) is 0. The molecule has 1 aliphatic rings. The van der Waals surface area contributed by atoms with Crippen molar-refractivity contribution in [1.29, 1.82) is 5.26 Å². The third kappa shape index (κ3) is 5.11. The van der Waals surface area contributed by atoms with Gasteiger partial charge < -0.3 is 15.5 Å². The molecule has 0 aliphatic carbocycles. The van der Waals surface area contributed by atoms with Crippen molar-refractivity contribution in [2.75, 3.05) is 44.6 Å². The summed E-state index contributed by atoms with van der Waals surface area (Å²) in [6, 6.07) is 8.60. The highest BCUT2D eigenvalue weighted by molar-refractivity contribution is 5.89. The number of piperazine rings is 1. The Labute approximate surface area is 141 Å². The van der Waals surface area contributed by atoms with Gasteiger partial charge in [0.25, 0.3) is 0 Å². The Hall–Kier alpha value is -2.85. The normalized spacial score (nSPS) is 14.5. The first-order valence-electron chi connectivity index (χ1n) is 7.78. The Kier molecular flexibility index (Phi) is 6.34. The van der Waals surface area contributed by atoms with Gasteiger partial charge in [-0.05, 0) is 24.3 Å². The van der Waals surface area contributed by atoms with Gasteiger partial charge in [0.1, 0.15) is 0 Å². The van der Waals surface area contributed by atoms with Crippen molar-refractivity contribution in [3.05, 3.63) is 42.5 Å². The van der Waals surface area contributed by atoms with E-state index in [4.69, 9.17) is 5.26 Å². The molecule has 0 saturated carbocycles. The maximum absolute atomic E-state index is 12.2. The summed E-state index contributed by atoms with van der Waals surface area (Å²) in [5.74, 6) is -0.0367. The van der Waals surface area contributed by atoms with Crippen LogP contribution in [0.2, 0.25) is 0 Å². The van der Waals surface area contributed by atoms with Crippen LogP contribution >= 0.6 is 0 Å². The van der Waals surface area contributed by atoms with Crippen LogP contribution in [0, 0.1) is 11.3 Å². The van der Waals surface area contributed by atoms with E-state index in [1.54, 1.807) is 35.2 Å². The number of nitrogens with zero attached hydrogens (tertiary/aromatic N) is 3. The van der Waals surface area contributed by atoms with Crippen LogP contribution in [-0.2, 0) is 4.79 Å². The first-order valence-corrected chi connectivity index (χ1v) is 7.78. The number of urea groups is 1. The number of benzene rings is 1. The smallest absolute Gasteiger partial charge is 0.321 e. The van der Waals surface area contributed by atoms with Gasteiger partial charge in [-0.3, -0.25) is 9.69 Å². The van der Waals surface area contributed by atoms with Gasteiger partial charge in [0.2, 0.25) is 5.91 Å². The summed E-state index contributed by atoms with van der Waals surface area (Å²) in [5, 5.41) is 14.3. The van der Waals surface area contributed by atoms with Crippen LogP contribution in [0.25, 0.3) is 0 Å². The third-order valence-corrected chi connectivity index (χ3v) is 3.74. The summed E-state index contributed by atoms with van der Waals surface area (Å²) in [5.41, 5.74) is 1.21. The predicted molar refractivity (Wildman–Crippen MR) is 91.4 cm³/mol. The maximum Gasteiger partial charge on any atom is 0.321 e. The fraction of sp³-hybridized carbons (Fsp3) is 0.353. The molecule has 2 rings (SSSR count). The quantitative estimate of drug-likeness (QED) is 0.790. The molecule has 0 unspecified atom stereocenters. The monoisotopic (exact) mass is 327 g/mol. The lowest BCUT2D eigenvalue weighted by Crippen LogP contribution is -2.52. The van der Waals surface area contributed by atoms with Gasteiger partial charge in [0.05, 0.1) is 18.2 Å². The zero-order valence-electron chi connectivity index (χ0n) is 13.5. The van der Waals surface area contributed by atoms with Crippen molar-refractivity contribution in [1.82, 2.24) is 15.1 Å². The molecule has 1 aliphatic heterocycles. The number of hydrogen-bond donors (Lipinski definition) is 2. The van der Waals surface area contributed by atoms with E-state index in [-0.39, 0.29) is 11.9 Å². The van der Waals surface area contributed by atoms with Gasteiger partial charge in [-0.1, -0.05) is 6.08 Å². The highest BCUT2D eigenvalue weighted by Gasteiger charge is 2.22. The zero-order valence-corrected chi connectivity index (χ0v) is 13.5. The molecule has 7 nitrogen and oxygen atoms in total. The van der Waals surface area contributed by atoms with Crippen LogP contribution in [0.15, 0.2) is 36.9 Å². The molecule has 24 heavy (non-hydrogen) atoms. The molecule has 1 saturated heterocycles. The first-order chi connectivity index (χ1) is 11.6. The minimum atomic E-state index is -0.171. The van der Waals surface area contributed by atoms with Gasteiger partial charge >= 0.3 is 6.03 Å². The number of anilines is 1. The number of rotatable bonds is 5. The van der Waals surface area contributed by atoms with Crippen LogP contribution < -0.4 is 10.6 Å². The number of carbonyl (C=O) groups is 2. The lowest BCUT2D eigenvalue weighted by molar-refractivity contribution is -0.122. The van der Waals surface area contributed by atoms with E-state index in [1.807, 2.05) is 11.0 Å². The topological polar surface area (TPSA) is 88.5 Å². The minimum Gasteiger partial charge on any atom is -0.352 e. The van der Waals surface area contributed by atoms with E-state index in [2.05, 4.69) is 17.2 Å². The molecule has 1 heterocycles. The summed E-state index contributed by atoms with van der Waals surface area (Å²) < 4.78 is 0. The lowest BCUT2D eigenvalue weighted by Gasteiger charge is -2.34. The Morgan fingerprint density at radius 2 is 1.88 bits per heavy atom. The van der Waals surface area contributed by atoms with Crippen LogP contribution in [0.1, 0.15) is 5.56 Å². The summed E-state index contributed by atoms with van der Waals surface area (Å²) in [4.78, 5) is 27.6. The zero-order chi connectivity index (χ0) is 17.4. The molecule has 3 amide bonds. The van der Waals surface area contributed by atoms with Crippen LogP contribution in [0.3, 0.4) is 0 Å². The largest absolute Gasteiger partial charge is 0.352 e. The first kappa shape index (κ1) is 17.5. The van der Waals surface area contributed by atoms with Crippen LogP contribution in [0.5, 0.6) is 0 Å². The van der Waals surface area contributed by atoms with Crippen LogP contribution in [-0.4, -0.2) is 61.0 Å². The molecular formula is C17H21N5O2. The maximum atomic E-state index is 12.2. The van der Waals surface area contributed by atoms with Gasteiger partial charge in [-0.25, -0.2) is 4.79 Å². The summed E-state index contributed by atoms with van der Waals surface area (Å²) >= 11 is 0. The van der Waals surface area contributed by atoms with E-state index in [1.165, 1.54) is 0 Å². The van der Waals surface area contributed by atoms with Crippen molar-refractivity contribution in [2.24, 2.45) is 0 Å². The highest BCUT2D eigenvalue weighted by Crippen LogP contribution is 2.11. The van der Waals surface area contributed by atoms with E-state index in [0.29, 0.717) is 50.5 Å². The Morgan fingerprint density at radius 3 is 2.46 bits per heavy atom. The molecule has 2 N–H and O–H groups in total. The van der Waals surface area contributed by atoms with E-state index < -0.39 is 0 Å². The van der Waals surface area contributed by atoms with Crippen molar-refractivity contribution in [3.8, 4) is 6.07 Å². The van der Waals surface area contributed by atoms with Gasteiger partial charge in [0.15, 0.2) is 0 Å². The highest BCUT2D eigenvalue weighted by atomic mass is 16.2. The van der Waals surface area contributed by atoms with Gasteiger partial charge in [-0.15, -0.1) is 6.58 Å². The average molecular weight is 327 g/mol. The number of nitriles is 1. The molecule has 126 valence electrons. The van der Waals surface area contributed by atoms with Gasteiger partial charge in [-0.2, -0.15) is 5.26 Å². The molecular weight excluding hydrogens is 306 g/mol. The van der Waals surface area contributed by atoms with Crippen LogP contribution in [0.4, 0.5) is 10.5 Å². The number of nitrogens with one attached hydrogen (secondary N) is 2. The second-order valence-corrected chi connectivity index (χ2v) is 5.48. The average Bonchev–Trinajstić information content (AvgIpc) is 2.61. The molecule has 0 spiro atoms. The summed E-state index contributed by atoms with van der Waals surface area (Å²) in [6.45, 7) is 6.80. The standard InChI is InChI=1S/C17H21N5O2/c1-2-7-19-16(23)13-21-8-10-22(11-9-21)17(24)20-15-5-3-14(12-18)4-6-15/h2-6H,1,7-11,13H2,(H,19,23)(H,20,24). The predicted octanol–water partition coefficient (Wildman–Crippen LogP) is 1.01. The lowest BCUT2D eigenvalue weighted by atomic mass is 10.2. The van der Waals surface area contributed by atoms with E-state index >= 15 is 0 Å². The Balaban J connectivity index is 1.76. The second kappa shape index (κ2) is 8.70. The molecule has 7 heteroatoms. The SMILES string of the molecule is C=CCNC(=O)CN1CCN(C(=O)Nc2ccc(C#N)cc2)CC1.